The Morgan fingerprint density at radius 3 is 2.93 bits per heavy atom. The van der Waals surface area contributed by atoms with Crippen LogP contribution in [0.3, 0.4) is 0 Å². The van der Waals surface area contributed by atoms with Crippen molar-refractivity contribution >= 4 is 5.91 Å². The zero-order valence-electron chi connectivity index (χ0n) is 9.18. The first-order chi connectivity index (χ1) is 6.76. The first-order valence-electron chi connectivity index (χ1n) is 5.40. The molecular formula is C10H21N3O. The van der Waals surface area contributed by atoms with Gasteiger partial charge < -0.3 is 15.5 Å². The topological polar surface area (TPSA) is 44.4 Å². The molecule has 1 fully saturated rings. The van der Waals surface area contributed by atoms with Gasteiger partial charge in [0, 0.05) is 13.6 Å². The number of hydrogen-bond acceptors (Lipinski definition) is 3. The van der Waals surface area contributed by atoms with Crippen LogP contribution in [0.1, 0.15) is 13.3 Å². The Morgan fingerprint density at radius 2 is 2.36 bits per heavy atom. The monoisotopic (exact) mass is 199 g/mol. The van der Waals surface area contributed by atoms with E-state index in [1.54, 1.807) is 7.05 Å². The molecule has 0 bridgehead atoms. The smallest absolute Gasteiger partial charge is 0.233 e. The van der Waals surface area contributed by atoms with Gasteiger partial charge in [0.2, 0.25) is 5.91 Å². The molecule has 0 aromatic rings. The van der Waals surface area contributed by atoms with Gasteiger partial charge in [-0.15, -0.1) is 0 Å². The molecule has 1 atom stereocenters. The van der Waals surface area contributed by atoms with Crippen molar-refractivity contribution in [2.75, 3.05) is 39.8 Å². The maximum atomic E-state index is 10.9. The summed E-state index contributed by atoms with van der Waals surface area (Å²) in [7, 11) is 1.67. The molecule has 0 aliphatic carbocycles. The summed E-state index contributed by atoms with van der Waals surface area (Å²) in [5.41, 5.74) is 0. The van der Waals surface area contributed by atoms with Gasteiger partial charge in [-0.05, 0) is 32.0 Å². The third-order valence-electron chi connectivity index (χ3n) is 2.81. The first kappa shape index (κ1) is 11.5. The highest BCUT2D eigenvalue weighted by molar-refractivity contribution is 5.77. The van der Waals surface area contributed by atoms with E-state index >= 15 is 0 Å². The van der Waals surface area contributed by atoms with Gasteiger partial charge in [-0.3, -0.25) is 4.79 Å². The fraction of sp³-hybridized carbons (Fsp3) is 0.900. The second-order valence-electron chi connectivity index (χ2n) is 3.85. The van der Waals surface area contributed by atoms with Crippen LogP contribution in [0.5, 0.6) is 0 Å². The lowest BCUT2D eigenvalue weighted by Gasteiger charge is -2.13. The van der Waals surface area contributed by atoms with Gasteiger partial charge in [0.05, 0.1) is 6.54 Å². The van der Waals surface area contributed by atoms with Crippen LogP contribution in [-0.4, -0.2) is 50.6 Å². The van der Waals surface area contributed by atoms with E-state index in [1.807, 2.05) is 0 Å². The van der Waals surface area contributed by atoms with Gasteiger partial charge in [-0.25, -0.2) is 0 Å². The molecule has 1 unspecified atom stereocenters. The standard InChI is InChI=1S/C10H21N3O/c1-3-13-5-4-9(8-13)6-12-7-10(14)11-2/h9,12H,3-8H2,1-2H3,(H,11,14). The number of nitrogens with one attached hydrogen (secondary N) is 2. The van der Waals surface area contributed by atoms with Crippen LogP contribution in [0.4, 0.5) is 0 Å². The van der Waals surface area contributed by atoms with Gasteiger partial charge in [-0.1, -0.05) is 6.92 Å². The molecule has 14 heavy (non-hydrogen) atoms. The van der Waals surface area contributed by atoms with Crippen LogP contribution in [0.25, 0.3) is 0 Å². The average molecular weight is 199 g/mol. The fourth-order valence-electron chi connectivity index (χ4n) is 1.84. The number of carbonyl (C=O) groups is 1. The van der Waals surface area contributed by atoms with E-state index in [0.717, 1.165) is 19.0 Å². The SMILES string of the molecule is CCN1CCC(CNCC(=O)NC)C1. The van der Waals surface area contributed by atoms with Crippen molar-refractivity contribution in [1.29, 1.82) is 0 Å². The summed E-state index contributed by atoms with van der Waals surface area (Å²) in [5.74, 6) is 0.787. The van der Waals surface area contributed by atoms with Crippen molar-refractivity contribution in [2.24, 2.45) is 5.92 Å². The highest BCUT2D eigenvalue weighted by Gasteiger charge is 2.20. The predicted molar refractivity (Wildman–Crippen MR) is 57.2 cm³/mol. The van der Waals surface area contributed by atoms with Crippen LogP contribution in [0, 0.1) is 5.92 Å². The minimum absolute atomic E-state index is 0.0651. The summed E-state index contributed by atoms with van der Waals surface area (Å²) in [4.78, 5) is 13.4. The van der Waals surface area contributed by atoms with Crippen molar-refractivity contribution in [3.8, 4) is 0 Å². The lowest BCUT2D eigenvalue weighted by molar-refractivity contribution is -0.119. The zero-order chi connectivity index (χ0) is 10.4. The van der Waals surface area contributed by atoms with Gasteiger partial charge in [-0.2, -0.15) is 0 Å². The van der Waals surface area contributed by atoms with E-state index in [4.69, 9.17) is 0 Å². The quantitative estimate of drug-likeness (QED) is 0.637. The summed E-state index contributed by atoms with van der Waals surface area (Å²) >= 11 is 0. The van der Waals surface area contributed by atoms with E-state index in [9.17, 15) is 4.79 Å². The number of likely N-dealkylation sites (N-methyl/N-ethyl adjacent to an activating group) is 1. The van der Waals surface area contributed by atoms with E-state index in [0.29, 0.717) is 6.54 Å². The molecule has 1 heterocycles. The van der Waals surface area contributed by atoms with E-state index in [-0.39, 0.29) is 5.91 Å². The van der Waals surface area contributed by atoms with Gasteiger partial charge in [0.25, 0.3) is 0 Å². The molecule has 4 heteroatoms. The zero-order valence-corrected chi connectivity index (χ0v) is 9.18. The maximum absolute atomic E-state index is 10.9. The third kappa shape index (κ3) is 3.64. The molecule has 1 saturated heterocycles. The van der Waals surface area contributed by atoms with Crippen LogP contribution in [-0.2, 0) is 4.79 Å². The van der Waals surface area contributed by atoms with Gasteiger partial charge >= 0.3 is 0 Å². The number of hydrogen-bond donors (Lipinski definition) is 2. The summed E-state index contributed by atoms with van der Waals surface area (Å²) < 4.78 is 0. The number of carbonyl (C=O) groups excluding carboxylic acids is 1. The molecule has 1 rings (SSSR count). The van der Waals surface area contributed by atoms with Crippen LogP contribution in [0.15, 0.2) is 0 Å². The molecule has 0 aromatic heterocycles. The van der Waals surface area contributed by atoms with E-state index in [2.05, 4.69) is 22.5 Å². The Hall–Kier alpha value is -0.610. The van der Waals surface area contributed by atoms with E-state index < -0.39 is 0 Å². The van der Waals surface area contributed by atoms with Crippen molar-refractivity contribution in [2.45, 2.75) is 13.3 Å². The number of amides is 1. The largest absolute Gasteiger partial charge is 0.358 e. The Labute approximate surface area is 86.0 Å². The molecule has 4 nitrogen and oxygen atoms in total. The highest BCUT2D eigenvalue weighted by Crippen LogP contribution is 2.14. The highest BCUT2D eigenvalue weighted by atomic mass is 16.1. The fourth-order valence-corrected chi connectivity index (χ4v) is 1.84. The Kier molecular flexibility index (Phi) is 4.90. The molecule has 82 valence electrons. The molecule has 0 aromatic carbocycles. The lowest BCUT2D eigenvalue weighted by Crippen LogP contribution is -2.34. The molecule has 1 aliphatic rings. The number of rotatable bonds is 5. The second-order valence-corrected chi connectivity index (χ2v) is 3.85. The molecule has 0 saturated carbocycles. The van der Waals surface area contributed by atoms with Crippen molar-refractivity contribution in [1.82, 2.24) is 15.5 Å². The van der Waals surface area contributed by atoms with Crippen molar-refractivity contribution in [3.05, 3.63) is 0 Å². The van der Waals surface area contributed by atoms with Crippen molar-refractivity contribution in [3.63, 3.8) is 0 Å². The van der Waals surface area contributed by atoms with Gasteiger partial charge in [0.1, 0.15) is 0 Å². The predicted octanol–water partition coefficient (Wildman–Crippen LogP) is -0.336. The third-order valence-corrected chi connectivity index (χ3v) is 2.81. The summed E-state index contributed by atoms with van der Waals surface area (Å²) in [5, 5.41) is 5.78. The lowest BCUT2D eigenvalue weighted by atomic mass is 10.1. The van der Waals surface area contributed by atoms with Crippen LogP contribution in [0.2, 0.25) is 0 Å². The Morgan fingerprint density at radius 1 is 1.57 bits per heavy atom. The maximum Gasteiger partial charge on any atom is 0.233 e. The average Bonchev–Trinajstić information content (AvgIpc) is 2.65. The molecule has 1 amide bonds. The molecule has 2 N–H and O–H groups in total. The summed E-state index contributed by atoms with van der Waals surface area (Å²) in [6.45, 7) is 7.13. The molecular weight excluding hydrogens is 178 g/mol. The molecule has 0 spiro atoms. The minimum atomic E-state index is 0.0651. The van der Waals surface area contributed by atoms with Crippen molar-refractivity contribution < 1.29 is 4.79 Å². The summed E-state index contributed by atoms with van der Waals surface area (Å²) in [6.07, 6.45) is 1.26. The van der Waals surface area contributed by atoms with Crippen LogP contribution >= 0.6 is 0 Å². The normalized spacial score (nSPS) is 22.6. The van der Waals surface area contributed by atoms with Crippen LogP contribution < -0.4 is 10.6 Å². The Bertz CT molecular complexity index is 184. The van der Waals surface area contributed by atoms with Gasteiger partial charge in [0.15, 0.2) is 0 Å². The Balaban J connectivity index is 2.05. The van der Waals surface area contributed by atoms with E-state index in [1.165, 1.54) is 19.5 Å². The minimum Gasteiger partial charge on any atom is -0.358 e. The second kappa shape index (κ2) is 5.98. The molecule has 1 aliphatic heterocycles. The number of likely N-dealkylation sites (tertiary alicyclic amines) is 1. The number of nitrogens with zero attached hydrogens (tertiary/aromatic N) is 1. The molecule has 0 radical (unpaired) electrons. The summed E-state index contributed by atoms with van der Waals surface area (Å²) in [6, 6.07) is 0. The first-order valence-corrected chi connectivity index (χ1v) is 5.40.